The summed E-state index contributed by atoms with van der Waals surface area (Å²) < 4.78 is 0.472. The summed E-state index contributed by atoms with van der Waals surface area (Å²) in [5.41, 5.74) is 5.15. The monoisotopic (exact) mass is 207 g/mol. The zero-order valence-electron chi connectivity index (χ0n) is 7.84. The molecule has 78 valence electrons. The average molecular weight is 207 g/mol. The number of aromatic nitrogens is 1. The lowest BCUT2D eigenvalue weighted by atomic mass is 10.2. The van der Waals surface area contributed by atoms with Crippen LogP contribution in [-0.2, 0) is 0 Å². The molecule has 0 amide bonds. The van der Waals surface area contributed by atoms with Gasteiger partial charge in [0.25, 0.3) is 5.69 Å². The van der Waals surface area contributed by atoms with Gasteiger partial charge in [0.2, 0.25) is 6.20 Å². The van der Waals surface area contributed by atoms with Crippen LogP contribution in [-0.4, -0.2) is 11.5 Å². The molecule has 6 nitrogen and oxygen atoms in total. The molecule has 2 N–H and O–H groups in total. The molecule has 0 radical (unpaired) electrons. The number of rotatable bonds is 2. The summed E-state index contributed by atoms with van der Waals surface area (Å²) in [4.78, 5) is 9.99. The van der Waals surface area contributed by atoms with Gasteiger partial charge >= 0.3 is 0 Å². The van der Waals surface area contributed by atoms with E-state index in [0.29, 0.717) is 17.7 Å². The number of hydrogen-bond acceptors (Lipinski definition) is 4. The largest absolute Gasteiger partial charge is 0.619 e. The first-order chi connectivity index (χ1) is 7.15. The Morgan fingerprint density at radius 1 is 1.60 bits per heavy atom. The van der Waals surface area contributed by atoms with E-state index < -0.39 is 4.92 Å². The molecule has 0 aliphatic heterocycles. The fourth-order valence-electron chi connectivity index (χ4n) is 0.956. The van der Waals surface area contributed by atoms with E-state index >= 15 is 0 Å². The van der Waals surface area contributed by atoms with Gasteiger partial charge in [0.1, 0.15) is 0 Å². The van der Waals surface area contributed by atoms with Gasteiger partial charge in [-0.2, -0.15) is 4.73 Å². The Labute approximate surface area is 86.1 Å². The van der Waals surface area contributed by atoms with E-state index in [2.05, 4.69) is 11.8 Å². The third-order valence-corrected chi connectivity index (χ3v) is 1.60. The molecule has 1 aromatic heterocycles. The predicted octanol–water partition coefficient (Wildman–Crippen LogP) is -0.0715. The SMILES string of the molecule is NCCC#Cc1c[n+]([O-])ccc1[N+](=O)[O-]. The molecule has 0 atom stereocenters. The Morgan fingerprint density at radius 2 is 2.33 bits per heavy atom. The minimum atomic E-state index is -0.577. The summed E-state index contributed by atoms with van der Waals surface area (Å²) in [6.45, 7) is 0.380. The van der Waals surface area contributed by atoms with E-state index in [0.717, 1.165) is 18.5 Å². The second kappa shape index (κ2) is 4.93. The molecular formula is C9H9N3O3. The fourth-order valence-corrected chi connectivity index (χ4v) is 0.956. The smallest absolute Gasteiger partial charge is 0.297 e. The molecule has 0 saturated heterocycles. The lowest BCUT2D eigenvalue weighted by Gasteiger charge is -1.96. The Kier molecular flexibility index (Phi) is 3.60. The molecule has 0 aliphatic rings. The first-order valence-electron chi connectivity index (χ1n) is 4.21. The fraction of sp³-hybridized carbons (Fsp3) is 0.222. The molecule has 0 saturated carbocycles. The molecule has 15 heavy (non-hydrogen) atoms. The molecule has 0 bridgehead atoms. The van der Waals surface area contributed by atoms with Crippen LogP contribution in [0.5, 0.6) is 0 Å². The van der Waals surface area contributed by atoms with Crippen molar-refractivity contribution in [2.24, 2.45) is 5.73 Å². The van der Waals surface area contributed by atoms with Gasteiger partial charge in [0.05, 0.1) is 11.0 Å². The van der Waals surface area contributed by atoms with Crippen LogP contribution < -0.4 is 10.5 Å². The third kappa shape index (κ3) is 2.93. The Balaban J connectivity index is 3.09. The maximum Gasteiger partial charge on any atom is 0.297 e. The zero-order chi connectivity index (χ0) is 11.3. The normalized spacial score (nSPS) is 9.13. The number of pyridine rings is 1. The van der Waals surface area contributed by atoms with Crippen molar-refractivity contribution in [3.05, 3.63) is 39.3 Å². The van der Waals surface area contributed by atoms with Gasteiger partial charge in [-0.25, -0.2) is 0 Å². The van der Waals surface area contributed by atoms with E-state index in [-0.39, 0.29) is 11.3 Å². The third-order valence-electron chi connectivity index (χ3n) is 1.60. The van der Waals surface area contributed by atoms with Crippen LogP contribution in [0, 0.1) is 27.2 Å². The molecule has 0 unspecified atom stereocenters. The van der Waals surface area contributed by atoms with E-state index in [1.165, 1.54) is 0 Å². The van der Waals surface area contributed by atoms with Crippen LogP contribution in [0.15, 0.2) is 18.5 Å². The first kappa shape index (κ1) is 10.9. The van der Waals surface area contributed by atoms with E-state index in [1.807, 2.05) is 0 Å². The van der Waals surface area contributed by atoms with E-state index in [1.54, 1.807) is 0 Å². The van der Waals surface area contributed by atoms with Crippen LogP contribution in [0.1, 0.15) is 12.0 Å². The van der Waals surface area contributed by atoms with Crippen LogP contribution in [0.4, 0.5) is 5.69 Å². The van der Waals surface area contributed by atoms with Gasteiger partial charge < -0.3 is 10.9 Å². The van der Waals surface area contributed by atoms with Gasteiger partial charge in [-0.1, -0.05) is 11.8 Å². The maximum absolute atomic E-state index is 10.9. The highest BCUT2D eigenvalue weighted by molar-refractivity contribution is 5.47. The van der Waals surface area contributed by atoms with Crippen LogP contribution in [0.2, 0.25) is 0 Å². The topological polar surface area (TPSA) is 96.1 Å². The van der Waals surface area contributed by atoms with Crippen molar-refractivity contribution in [3.8, 4) is 11.8 Å². The van der Waals surface area contributed by atoms with Crippen molar-refractivity contribution < 1.29 is 9.65 Å². The van der Waals surface area contributed by atoms with Gasteiger partial charge in [-0.15, -0.1) is 0 Å². The van der Waals surface area contributed by atoms with Gasteiger partial charge in [-0.3, -0.25) is 10.1 Å². The summed E-state index contributed by atoms with van der Waals surface area (Å²) >= 11 is 0. The van der Waals surface area contributed by atoms with Gasteiger partial charge in [-0.05, 0) is 0 Å². The standard InChI is InChI=1S/C9H9N3O3/c10-5-2-1-3-8-7-11(13)6-4-9(8)12(14)15/h4,6-7H,2,5,10H2. The van der Waals surface area contributed by atoms with Gasteiger partial charge in [0.15, 0.2) is 11.8 Å². The second-order valence-electron chi connectivity index (χ2n) is 2.70. The molecular weight excluding hydrogens is 198 g/mol. The maximum atomic E-state index is 10.9. The average Bonchev–Trinajstić information content (AvgIpc) is 2.18. The Hall–Kier alpha value is -2.13. The summed E-state index contributed by atoms with van der Waals surface area (Å²) in [6.07, 6.45) is 2.57. The molecule has 1 heterocycles. The highest BCUT2D eigenvalue weighted by Crippen LogP contribution is 2.13. The molecule has 0 aromatic carbocycles. The minimum absolute atomic E-state index is 0.103. The molecule has 1 rings (SSSR count). The predicted molar refractivity (Wildman–Crippen MR) is 52.6 cm³/mol. The molecule has 6 heteroatoms. The van der Waals surface area contributed by atoms with E-state index in [9.17, 15) is 15.3 Å². The quantitative estimate of drug-likeness (QED) is 0.241. The van der Waals surface area contributed by atoms with Crippen LogP contribution in [0.3, 0.4) is 0 Å². The molecule has 0 fully saturated rings. The summed E-state index contributed by atoms with van der Waals surface area (Å²) in [5.74, 6) is 5.19. The highest BCUT2D eigenvalue weighted by Gasteiger charge is 2.14. The Morgan fingerprint density at radius 3 is 2.93 bits per heavy atom. The van der Waals surface area contributed by atoms with Crippen molar-refractivity contribution in [1.29, 1.82) is 0 Å². The van der Waals surface area contributed by atoms with Crippen LogP contribution >= 0.6 is 0 Å². The lowest BCUT2D eigenvalue weighted by molar-refractivity contribution is -0.606. The van der Waals surface area contributed by atoms with Crippen molar-refractivity contribution in [2.45, 2.75) is 6.42 Å². The minimum Gasteiger partial charge on any atom is -0.619 e. The second-order valence-corrected chi connectivity index (χ2v) is 2.70. The summed E-state index contributed by atoms with van der Waals surface area (Å²) in [5, 5.41) is 21.5. The number of nitrogens with two attached hydrogens (primary N) is 1. The van der Waals surface area contributed by atoms with Crippen molar-refractivity contribution in [3.63, 3.8) is 0 Å². The van der Waals surface area contributed by atoms with Crippen molar-refractivity contribution >= 4 is 5.69 Å². The van der Waals surface area contributed by atoms with Crippen LogP contribution in [0.25, 0.3) is 0 Å². The zero-order valence-corrected chi connectivity index (χ0v) is 7.84. The highest BCUT2D eigenvalue weighted by atomic mass is 16.6. The summed E-state index contributed by atoms with van der Waals surface area (Å²) in [7, 11) is 0. The molecule has 0 aliphatic carbocycles. The number of hydrogen-bond donors (Lipinski definition) is 1. The lowest BCUT2D eigenvalue weighted by Crippen LogP contribution is -2.25. The van der Waals surface area contributed by atoms with Crippen molar-refractivity contribution in [1.82, 2.24) is 0 Å². The first-order valence-corrected chi connectivity index (χ1v) is 4.21. The summed E-state index contributed by atoms with van der Waals surface area (Å²) in [6, 6.07) is 1.12. The van der Waals surface area contributed by atoms with E-state index in [4.69, 9.17) is 5.73 Å². The number of nitrogens with zero attached hydrogens (tertiary/aromatic N) is 2. The molecule has 0 spiro atoms. The molecule has 1 aromatic rings. The Bertz CT molecular complexity index is 434. The number of nitro groups is 1. The van der Waals surface area contributed by atoms with Gasteiger partial charge in [0, 0.05) is 13.0 Å². The van der Waals surface area contributed by atoms with Crippen molar-refractivity contribution in [2.75, 3.05) is 6.54 Å².